The molecule has 6 heteroatoms. The van der Waals surface area contributed by atoms with Crippen molar-refractivity contribution in [1.82, 2.24) is 0 Å². The van der Waals surface area contributed by atoms with Crippen LogP contribution in [0.25, 0.3) is 0 Å². The molecule has 0 radical (unpaired) electrons. The summed E-state index contributed by atoms with van der Waals surface area (Å²) in [4.78, 5) is 38.2. The Morgan fingerprint density at radius 1 is 0.276 bits per heavy atom. The molecular weight excluding hydrogens is 937 g/mol. The van der Waals surface area contributed by atoms with E-state index in [0.29, 0.717) is 19.3 Å². The summed E-state index contributed by atoms with van der Waals surface area (Å²) in [7, 11) is 0. The van der Waals surface area contributed by atoms with Crippen molar-refractivity contribution in [2.45, 2.75) is 290 Å². The number of unbranched alkanes of at least 4 members (excludes halogenated alkanes) is 25. The van der Waals surface area contributed by atoms with Crippen LogP contribution in [-0.4, -0.2) is 37.2 Å². The van der Waals surface area contributed by atoms with E-state index in [1.54, 1.807) is 0 Å². The minimum atomic E-state index is -0.791. The van der Waals surface area contributed by atoms with E-state index in [0.717, 1.165) is 135 Å². The lowest BCUT2D eigenvalue weighted by Gasteiger charge is -2.18. The van der Waals surface area contributed by atoms with Crippen molar-refractivity contribution in [1.29, 1.82) is 0 Å². The van der Waals surface area contributed by atoms with Gasteiger partial charge in [0.1, 0.15) is 13.2 Å². The summed E-state index contributed by atoms with van der Waals surface area (Å²) in [6, 6.07) is 0. The average Bonchev–Trinajstić information content (AvgIpc) is 3.42. The molecule has 0 spiro atoms. The first-order valence-corrected chi connectivity index (χ1v) is 31.5. The standard InChI is InChI=1S/C70H116O6/c1-4-7-10-13-16-19-22-24-26-28-30-31-32-33-34-35-36-37-38-39-41-42-44-46-48-51-54-57-60-63-69(72)75-66-67(65-74-68(71)62-59-56-53-50-21-18-15-12-9-6-3)76-70(73)64-61-58-55-52-49-47-45-43-40-29-27-25-23-20-17-14-11-8-5-2/h7,10,12,15-17,19-20,24-27,30-31,33-34,36-37,39,41,67H,4-6,8-9,11,13-14,18,21-23,28-29,32,35,38,40,42-66H2,1-3H3/b10-7-,15-12-,19-16-,20-17-,26-24-,27-25-,31-30-,34-33-,37-36-,41-39-. The molecule has 0 amide bonds. The summed E-state index contributed by atoms with van der Waals surface area (Å²) in [6.45, 7) is 6.43. The van der Waals surface area contributed by atoms with Crippen LogP contribution in [0.5, 0.6) is 0 Å². The SMILES string of the molecule is CC/C=C\C/C=C\C/C=C\C/C=C\C/C=C\C/C=C\C/C=C\CCCCCCCCCC(=O)OCC(COC(=O)CCCCCCC/C=C\CCC)OC(=O)CCCCCCCCCCC/C=C\C/C=C\CCCCC. The Kier molecular flexibility index (Phi) is 59.9. The molecule has 76 heavy (non-hydrogen) atoms. The molecule has 0 saturated heterocycles. The van der Waals surface area contributed by atoms with Crippen molar-refractivity contribution in [3.8, 4) is 0 Å². The number of hydrogen-bond donors (Lipinski definition) is 0. The van der Waals surface area contributed by atoms with Gasteiger partial charge < -0.3 is 14.2 Å². The fraction of sp³-hybridized carbons (Fsp3) is 0.671. The lowest BCUT2D eigenvalue weighted by Crippen LogP contribution is -2.30. The molecule has 0 saturated carbocycles. The topological polar surface area (TPSA) is 78.9 Å². The van der Waals surface area contributed by atoms with E-state index in [-0.39, 0.29) is 31.1 Å². The predicted octanol–water partition coefficient (Wildman–Crippen LogP) is 21.6. The Labute approximate surface area is 469 Å². The first-order chi connectivity index (χ1) is 37.5. The second-order valence-corrected chi connectivity index (χ2v) is 20.6. The number of carbonyl (C=O) groups excluding carboxylic acids is 3. The largest absolute Gasteiger partial charge is 0.462 e. The molecule has 6 nitrogen and oxygen atoms in total. The van der Waals surface area contributed by atoms with Gasteiger partial charge in [-0.25, -0.2) is 0 Å². The molecule has 0 N–H and O–H groups in total. The van der Waals surface area contributed by atoms with Crippen LogP contribution in [-0.2, 0) is 28.6 Å². The Morgan fingerprint density at radius 3 is 0.868 bits per heavy atom. The number of carbonyl (C=O) groups is 3. The van der Waals surface area contributed by atoms with Crippen LogP contribution in [0.1, 0.15) is 284 Å². The maximum atomic E-state index is 12.9. The number of ether oxygens (including phenoxy) is 3. The van der Waals surface area contributed by atoms with Gasteiger partial charge in [0.2, 0.25) is 0 Å². The van der Waals surface area contributed by atoms with Crippen molar-refractivity contribution >= 4 is 17.9 Å². The van der Waals surface area contributed by atoms with Crippen LogP contribution < -0.4 is 0 Å². The van der Waals surface area contributed by atoms with Crippen molar-refractivity contribution in [2.75, 3.05) is 13.2 Å². The second kappa shape index (κ2) is 63.3. The van der Waals surface area contributed by atoms with E-state index in [4.69, 9.17) is 14.2 Å². The zero-order valence-corrected chi connectivity index (χ0v) is 49.5. The molecule has 0 fully saturated rings. The Bertz CT molecular complexity index is 1590. The lowest BCUT2D eigenvalue weighted by molar-refractivity contribution is -0.167. The highest BCUT2D eigenvalue weighted by Gasteiger charge is 2.19. The van der Waals surface area contributed by atoms with E-state index >= 15 is 0 Å². The summed E-state index contributed by atoms with van der Waals surface area (Å²) in [5.41, 5.74) is 0. The van der Waals surface area contributed by atoms with Gasteiger partial charge in [0.25, 0.3) is 0 Å². The maximum absolute atomic E-state index is 12.9. The Morgan fingerprint density at radius 2 is 0.539 bits per heavy atom. The van der Waals surface area contributed by atoms with Gasteiger partial charge in [-0.15, -0.1) is 0 Å². The summed E-state index contributed by atoms with van der Waals surface area (Å²) < 4.78 is 16.9. The molecule has 1 unspecified atom stereocenters. The van der Waals surface area contributed by atoms with Crippen LogP contribution in [0, 0.1) is 0 Å². The van der Waals surface area contributed by atoms with Gasteiger partial charge >= 0.3 is 17.9 Å². The summed E-state index contributed by atoms with van der Waals surface area (Å²) in [6.07, 6.45) is 87.8. The highest BCUT2D eigenvalue weighted by atomic mass is 16.6. The summed E-state index contributed by atoms with van der Waals surface area (Å²) in [5, 5.41) is 0. The number of hydrogen-bond acceptors (Lipinski definition) is 6. The fourth-order valence-electron chi connectivity index (χ4n) is 8.46. The molecule has 0 heterocycles. The van der Waals surface area contributed by atoms with Gasteiger partial charge in [0, 0.05) is 19.3 Å². The van der Waals surface area contributed by atoms with Gasteiger partial charge in [0.15, 0.2) is 6.10 Å². The third kappa shape index (κ3) is 60.7. The van der Waals surface area contributed by atoms with E-state index in [1.165, 1.54) is 109 Å². The van der Waals surface area contributed by atoms with Crippen molar-refractivity contribution < 1.29 is 28.6 Å². The third-order valence-electron chi connectivity index (χ3n) is 13.2. The quantitative estimate of drug-likeness (QED) is 0.0261. The van der Waals surface area contributed by atoms with Gasteiger partial charge in [-0.1, -0.05) is 258 Å². The minimum Gasteiger partial charge on any atom is -0.462 e. The van der Waals surface area contributed by atoms with Gasteiger partial charge in [-0.3, -0.25) is 14.4 Å². The van der Waals surface area contributed by atoms with Crippen molar-refractivity contribution in [3.05, 3.63) is 122 Å². The molecule has 0 aromatic heterocycles. The van der Waals surface area contributed by atoms with Crippen LogP contribution in [0.15, 0.2) is 122 Å². The van der Waals surface area contributed by atoms with E-state index in [9.17, 15) is 14.4 Å². The number of esters is 3. The van der Waals surface area contributed by atoms with Crippen LogP contribution in [0.4, 0.5) is 0 Å². The molecule has 0 aliphatic carbocycles. The lowest BCUT2D eigenvalue weighted by atomic mass is 10.1. The average molecular weight is 1050 g/mol. The molecule has 0 aliphatic heterocycles. The molecule has 0 aromatic rings. The molecule has 0 aromatic carbocycles. The number of allylic oxidation sites excluding steroid dienone is 20. The second-order valence-electron chi connectivity index (χ2n) is 20.6. The van der Waals surface area contributed by atoms with Crippen LogP contribution in [0.3, 0.4) is 0 Å². The first kappa shape index (κ1) is 71.8. The first-order valence-electron chi connectivity index (χ1n) is 31.5. The van der Waals surface area contributed by atoms with Gasteiger partial charge in [-0.05, 0) is 128 Å². The minimum absolute atomic E-state index is 0.0892. The molecular formula is C70H116O6. The zero-order chi connectivity index (χ0) is 55.0. The molecule has 1 atom stereocenters. The number of rotatable bonds is 56. The Balaban J connectivity index is 4.29. The molecule has 432 valence electrons. The van der Waals surface area contributed by atoms with E-state index < -0.39 is 6.10 Å². The smallest absolute Gasteiger partial charge is 0.306 e. The zero-order valence-electron chi connectivity index (χ0n) is 49.5. The summed E-state index contributed by atoms with van der Waals surface area (Å²) in [5.74, 6) is -0.913. The van der Waals surface area contributed by atoms with Crippen LogP contribution >= 0.6 is 0 Å². The predicted molar refractivity (Wildman–Crippen MR) is 330 cm³/mol. The molecule has 0 aliphatic rings. The highest BCUT2D eigenvalue weighted by Crippen LogP contribution is 2.15. The van der Waals surface area contributed by atoms with Crippen molar-refractivity contribution in [2.24, 2.45) is 0 Å². The van der Waals surface area contributed by atoms with Crippen molar-refractivity contribution in [3.63, 3.8) is 0 Å². The normalized spacial score (nSPS) is 12.9. The molecule has 0 rings (SSSR count). The monoisotopic (exact) mass is 1050 g/mol. The van der Waals surface area contributed by atoms with Gasteiger partial charge in [0.05, 0.1) is 0 Å². The van der Waals surface area contributed by atoms with Gasteiger partial charge in [-0.2, -0.15) is 0 Å². The summed E-state index contributed by atoms with van der Waals surface area (Å²) >= 11 is 0. The fourth-order valence-corrected chi connectivity index (χ4v) is 8.46. The third-order valence-corrected chi connectivity index (χ3v) is 13.2. The molecule has 0 bridgehead atoms. The van der Waals surface area contributed by atoms with E-state index in [2.05, 4.69) is 142 Å². The maximum Gasteiger partial charge on any atom is 0.306 e. The Hall–Kier alpha value is -4.19. The van der Waals surface area contributed by atoms with Crippen LogP contribution in [0.2, 0.25) is 0 Å². The van der Waals surface area contributed by atoms with E-state index in [1.807, 2.05) is 0 Å². The highest BCUT2D eigenvalue weighted by molar-refractivity contribution is 5.71.